The Balaban J connectivity index is 2.83. The number of amides is 2. The number of rotatable bonds is 4. The first-order valence-corrected chi connectivity index (χ1v) is 5.19. The molecule has 0 saturated heterocycles. The van der Waals surface area contributed by atoms with Crippen LogP contribution in [0.4, 0.5) is 4.79 Å². The Morgan fingerprint density at radius 3 is 3.00 bits per heavy atom. The van der Waals surface area contributed by atoms with Crippen molar-refractivity contribution in [2.75, 3.05) is 6.54 Å². The molecule has 6 heteroatoms. The summed E-state index contributed by atoms with van der Waals surface area (Å²) in [6, 6.07) is 0.532. The number of hydrogen-bond donors (Lipinski definition) is 2. The van der Waals surface area contributed by atoms with Gasteiger partial charge in [-0.05, 0) is 6.04 Å². The molecule has 0 aromatic rings. The highest BCUT2D eigenvalue weighted by Gasteiger charge is 1.89. The third kappa shape index (κ3) is 7.66. The fourth-order valence-corrected chi connectivity index (χ4v) is 1.90. The van der Waals surface area contributed by atoms with Gasteiger partial charge in [-0.1, -0.05) is 0 Å². The molecule has 3 N–H and O–H groups in total. The van der Waals surface area contributed by atoms with Gasteiger partial charge in [0, 0.05) is 6.54 Å². The number of urea groups is 1. The lowest BCUT2D eigenvalue weighted by Crippen LogP contribution is -2.30. The summed E-state index contributed by atoms with van der Waals surface area (Å²) in [7, 11) is 0.490. The molecule has 0 unspecified atom stereocenters. The minimum Gasteiger partial charge on any atom is -0.468 e. The highest BCUT2D eigenvalue weighted by atomic mass is 28.3. The van der Waals surface area contributed by atoms with Gasteiger partial charge in [-0.3, -0.25) is 0 Å². The Morgan fingerprint density at radius 1 is 1.89 bits per heavy atom. The van der Waals surface area contributed by atoms with Crippen molar-refractivity contribution in [1.82, 2.24) is 5.32 Å². The van der Waals surface area contributed by atoms with Gasteiger partial charge in [-0.2, -0.15) is 0 Å². The van der Waals surface area contributed by atoms with Crippen LogP contribution in [-0.4, -0.2) is 32.8 Å². The molecular formula is C3H12N2O2Si2. The predicted octanol–water partition coefficient (Wildman–Crippen LogP) is -2.55. The first-order chi connectivity index (χ1) is 4.27. The van der Waals surface area contributed by atoms with E-state index in [1.54, 1.807) is 0 Å². The van der Waals surface area contributed by atoms with Crippen LogP contribution in [0, 0.1) is 0 Å². The normalized spacial score (nSPS) is 10.7. The van der Waals surface area contributed by atoms with Crippen molar-refractivity contribution in [2.45, 2.75) is 6.04 Å². The fourth-order valence-electron chi connectivity index (χ4n) is 0.428. The van der Waals surface area contributed by atoms with Gasteiger partial charge < -0.3 is 15.2 Å². The number of nitrogens with one attached hydrogen (secondary N) is 1. The maximum absolute atomic E-state index is 10.1. The Hall–Kier alpha value is -0.336. The standard InChI is InChI=1S/C3H12N2O2Si2/c4-3(6)5-1-2-9-7-8/h1-2,9H2,8H3,(H3,4,5,6). The van der Waals surface area contributed by atoms with Crippen LogP contribution in [0.15, 0.2) is 0 Å². The number of hydrogen-bond acceptors (Lipinski definition) is 2. The van der Waals surface area contributed by atoms with Crippen molar-refractivity contribution in [3.63, 3.8) is 0 Å². The Morgan fingerprint density at radius 2 is 2.56 bits per heavy atom. The van der Waals surface area contributed by atoms with Gasteiger partial charge in [0.15, 0.2) is 0 Å². The van der Waals surface area contributed by atoms with Gasteiger partial charge in [0.05, 0.1) is 0 Å². The largest absolute Gasteiger partial charge is 0.468 e. The van der Waals surface area contributed by atoms with Crippen LogP contribution in [0.5, 0.6) is 0 Å². The van der Waals surface area contributed by atoms with E-state index < -0.39 is 6.03 Å². The second kappa shape index (κ2) is 5.79. The lowest BCUT2D eigenvalue weighted by atomic mass is 10.7. The molecule has 0 aliphatic heterocycles. The average molecular weight is 164 g/mol. The molecule has 54 valence electrons. The monoisotopic (exact) mass is 164 g/mol. The lowest BCUT2D eigenvalue weighted by molar-refractivity contribution is 0.249. The minimum absolute atomic E-state index is 0.330. The first kappa shape index (κ1) is 8.66. The zero-order valence-corrected chi connectivity index (χ0v) is 8.93. The summed E-state index contributed by atoms with van der Waals surface area (Å²) in [6.07, 6.45) is 0. The zero-order chi connectivity index (χ0) is 7.11. The van der Waals surface area contributed by atoms with Crippen LogP contribution >= 0.6 is 0 Å². The van der Waals surface area contributed by atoms with Gasteiger partial charge in [0.1, 0.15) is 20.2 Å². The van der Waals surface area contributed by atoms with E-state index in [1.807, 2.05) is 0 Å². The van der Waals surface area contributed by atoms with Crippen LogP contribution in [-0.2, 0) is 4.12 Å². The van der Waals surface area contributed by atoms with E-state index in [0.29, 0.717) is 6.54 Å². The van der Waals surface area contributed by atoms with E-state index >= 15 is 0 Å². The Labute approximate surface area is 59.6 Å². The van der Waals surface area contributed by atoms with Crippen molar-refractivity contribution in [2.24, 2.45) is 5.73 Å². The van der Waals surface area contributed by atoms with E-state index in [0.717, 1.165) is 16.5 Å². The molecule has 0 fully saturated rings. The summed E-state index contributed by atoms with van der Waals surface area (Å²) in [5, 5.41) is 2.49. The second-order valence-electron chi connectivity index (χ2n) is 1.64. The van der Waals surface area contributed by atoms with Crippen LogP contribution < -0.4 is 11.1 Å². The minimum atomic E-state index is -0.447. The highest BCUT2D eigenvalue weighted by molar-refractivity contribution is 6.34. The summed E-state index contributed by atoms with van der Waals surface area (Å²) < 4.78 is 5.01. The summed E-state index contributed by atoms with van der Waals surface area (Å²) in [5.41, 5.74) is 4.81. The Kier molecular flexibility index (Phi) is 5.58. The van der Waals surface area contributed by atoms with Gasteiger partial charge in [-0.25, -0.2) is 4.79 Å². The predicted molar refractivity (Wildman–Crippen MR) is 42.0 cm³/mol. The zero-order valence-electron chi connectivity index (χ0n) is 5.52. The SMILES string of the molecule is NC(=O)NCC[SiH2]O[SiH3]. The third-order valence-electron chi connectivity index (χ3n) is 0.824. The topological polar surface area (TPSA) is 64.4 Å². The molecule has 0 atom stereocenters. The second-order valence-corrected chi connectivity index (χ2v) is 5.06. The molecule has 0 aliphatic carbocycles. The van der Waals surface area contributed by atoms with Gasteiger partial charge >= 0.3 is 6.03 Å². The molecule has 0 rings (SSSR count). The van der Waals surface area contributed by atoms with Crippen LogP contribution in [0.2, 0.25) is 6.04 Å². The molecule has 0 spiro atoms. The Bertz CT molecular complexity index is 89.9. The van der Waals surface area contributed by atoms with Crippen LogP contribution in [0.25, 0.3) is 0 Å². The van der Waals surface area contributed by atoms with Crippen molar-refractivity contribution < 1.29 is 8.91 Å². The van der Waals surface area contributed by atoms with Crippen LogP contribution in [0.1, 0.15) is 0 Å². The lowest BCUT2D eigenvalue weighted by Gasteiger charge is -1.98. The molecule has 0 aromatic carbocycles. The first-order valence-electron chi connectivity index (χ1n) is 2.79. The molecule has 9 heavy (non-hydrogen) atoms. The smallest absolute Gasteiger partial charge is 0.312 e. The fraction of sp³-hybridized carbons (Fsp3) is 0.667. The van der Waals surface area contributed by atoms with E-state index in [1.165, 1.54) is 0 Å². The van der Waals surface area contributed by atoms with Gasteiger partial charge in [-0.15, -0.1) is 0 Å². The van der Waals surface area contributed by atoms with Crippen molar-refractivity contribution in [3.05, 3.63) is 0 Å². The van der Waals surface area contributed by atoms with E-state index in [9.17, 15) is 4.79 Å². The summed E-state index contributed by atoms with van der Waals surface area (Å²) >= 11 is 0. The summed E-state index contributed by atoms with van der Waals surface area (Å²) in [4.78, 5) is 10.1. The molecule has 0 aliphatic rings. The number of nitrogens with two attached hydrogens (primary N) is 1. The highest BCUT2D eigenvalue weighted by Crippen LogP contribution is 1.73. The third-order valence-corrected chi connectivity index (χ3v) is 3.10. The van der Waals surface area contributed by atoms with Gasteiger partial charge in [0.25, 0.3) is 0 Å². The van der Waals surface area contributed by atoms with E-state index in [2.05, 4.69) is 5.32 Å². The van der Waals surface area contributed by atoms with Crippen molar-refractivity contribution in [3.8, 4) is 0 Å². The van der Waals surface area contributed by atoms with Crippen molar-refractivity contribution in [1.29, 1.82) is 0 Å². The summed E-state index contributed by atoms with van der Waals surface area (Å²) in [6.45, 7) is 0.670. The van der Waals surface area contributed by atoms with Gasteiger partial charge in [0.2, 0.25) is 0 Å². The molecule has 2 amide bonds. The maximum Gasteiger partial charge on any atom is 0.312 e. The molecule has 0 bridgehead atoms. The molecule has 0 heterocycles. The maximum atomic E-state index is 10.1. The quantitative estimate of drug-likeness (QED) is 0.355. The molecule has 0 saturated carbocycles. The number of primary amides is 1. The summed E-state index contributed by atoms with van der Waals surface area (Å²) in [5.74, 6) is 0. The number of carbonyl (C=O) groups excluding carboxylic acids is 1. The number of carbonyl (C=O) groups is 1. The van der Waals surface area contributed by atoms with E-state index in [-0.39, 0.29) is 9.76 Å². The average Bonchev–Trinajstić information content (AvgIpc) is 1.80. The molecule has 0 radical (unpaired) electrons. The van der Waals surface area contributed by atoms with E-state index in [4.69, 9.17) is 9.85 Å². The molecule has 0 aromatic heterocycles. The van der Waals surface area contributed by atoms with Crippen LogP contribution in [0.3, 0.4) is 0 Å². The molecule has 4 nitrogen and oxygen atoms in total. The molecular weight excluding hydrogens is 152 g/mol. The van der Waals surface area contributed by atoms with Crippen molar-refractivity contribution >= 4 is 26.3 Å².